The molecule has 1 nitrogen and oxygen atoms in total. The van der Waals surface area contributed by atoms with Crippen LogP contribution in [-0.2, 0) is 0 Å². The Morgan fingerprint density at radius 3 is 2.83 bits per heavy atom. The van der Waals surface area contributed by atoms with Crippen molar-refractivity contribution in [2.45, 2.75) is 25.1 Å². The third-order valence-corrected chi connectivity index (χ3v) is 4.26. The molecule has 0 aromatic rings. The fourth-order valence-electron chi connectivity index (χ4n) is 1.78. The summed E-state index contributed by atoms with van der Waals surface area (Å²) in [5, 5.41) is 0. The first-order valence-electron chi connectivity index (χ1n) is 4.53. The number of rotatable bonds is 2. The largest absolute Gasteiger partial charge is 0.299 e. The second-order valence-corrected chi connectivity index (χ2v) is 5.37. The molecular formula is C10H18BrN. The smallest absolute Gasteiger partial charge is 0.0221 e. The van der Waals surface area contributed by atoms with Gasteiger partial charge in [0.1, 0.15) is 0 Å². The zero-order chi connectivity index (χ0) is 9.19. The monoisotopic (exact) mass is 231 g/mol. The number of likely N-dealkylation sites (tertiary alicyclic amines) is 1. The van der Waals surface area contributed by atoms with E-state index in [1.807, 2.05) is 6.08 Å². The van der Waals surface area contributed by atoms with Crippen LogP contribution in [0.2, 0.25) is 0 Å². The van der Waals surface area contributed by atoms with Crippen LogP contribution in [0.1, 0.15) is 20.3 Å². The van der Waals surface area contributed by atoms with Crippen LogP contribution in [-0.4, -0.2) is 29.4 Å². The molecule has 0 bridgehead atoms. The van der Waals surface area contributed by atoms with Crippen LogP contribution in [0.15, 0.2) is 12.7 Å². The molecule has 1 fully saturated rings. The van der Waals surface area contributed by atoms with Gasteiger partial charge in [0.2, 0.25) is 0 Å². The normalized spacial score (nSPS) is 30.1. The molecule has 1 aliphatic heterocycles. The molecule has 1 rings (SSSR count). The summed E-state index contributed by atoms with van der Waals surface area (Å²) >= 11 is 3.74. The minimum absolute atomic E-state index is 0.404. The second-order valence-electron chi connectivity index (χ2n) is 4.27. The number of piperidine rings is 1. The van der Waals surface area contributed by atoms with Crippen molar-refractivity contribution in [2.24, 2.45) is 5.41 Å². The Morgan fingerprint density at radius 2 is 2.33 bits per heavy atom. The van der Waals surface area contributed by atoms with Gasteiger partial charge in [0.25, 0.3) is 0 Å². The summed E-state index contributed by atoms with van der Waals surface area (Å²) in [5.41, 5.74) is 0.404. The first-order valence-corrected chi connectivity index (χ1v) is 5.45. The third-order valence-electron chi connectivity index (χ3n) is 2.57. The molecule has 2 heteroatoms. The van der Waals surface area contributed by atoms with Gasteiger partial charge in [-0.25, -0.2) is 0 Å². The van der Waals surface area contributed by atoms with Crippen molar-refractivity contribution in [3.8, 4) is 0 Å². The van der Waals surface area contributed by atoms with Gasteiger partial charge in [-0.05, 0) is 18.4 Å². The third kappa shape index (κ3) is 2.33. The van der Waals surface area contributed by atoms with Crippen molar-refractivity contribution in [3.63, 3.8) is 0 Å². The fraction of sp³-hybridized carbons (Fsp3) is 0.800. The average molecular weight is 232 g/mol. The number of hydrogen-bond acceptors (Lipinski definition) is 1. The molecule has 1 heterocycles. The summed E-state index contributed by atoms with van der Waals surface area (Å²) < 4.78 is 0. The van der Waals surface area contributed by atoms with Crippen molar-refractivity contribution in [2.75, 3.05) is 19.6 Å². The summed E-state index contributed by atoms with van der Waals surface area (Å²) in [7, 11) is 0. The molecule has 0 aromatic heterocycles. The van der Waals surface area contributed by atoms with E-state index in [-0.39, 0.29) is 0 Å². The van der Waals surface area contributed by atoms with E-state index < -0.39 is 0 Å². The fourth-order valence-corrected chi connectivity index (χ4v) is 2.13. The van der Waals surface area contributed by atoms with Crippen LogP contribution >= 0.6 is 15.9 Å². The van der Waals surface area contributed by atoms with Crippen molar-refractivity contribution >= 4 is 15.9 Å². The van der Waals surface area contributed by atoms with Gasteiger partial charge < -0.3 is 0 Å². The molecule has 0 N–H and O–H groups in total. The van der Waals surface area contributed by atoms with Crippen LogP contribution < -0.4 is 0 Å². The SMILES string of the molecule is C=CCN1CCC(Br)C(C)(C)C1. The average Bonchev–Trinajstić information content (AvgIpc) is 1.97. The Labute approximate surface area is 84.0 Å². The lowest BCUT2D eigenvalue weighted by atomic mass is 9.84. The van der Waals surface area contributed by atoms with E-state index >= 15 is 0 Å². The zero-order valence-corrected chi connectivity index (χ0v) is 9.60. The Morgan fingerprint density at radius 1 is 1.67 bits per heavy atom. The predicted molar refractivity (Wildman–Crippen MR) is 57.8 cm³/mol. The van der Waals surface area contributed by atoms with Gasteiger partial charge in [-0.1, -0.05) is 35.9 Å². The van der Waals surface area contributed by atoms with Crippen LogP contribution in [0.4, 0.5) is 0 Å². The Bertz CT molecular complexity index is 165. The molecule has 70 valence electrons. The number of halogens is 1. The van der Waals surface area contributed by atoms with E-state index in [4.69, 9.17) is 0 Å². The zero-order valence-electron chi connectivity index (χ0n) is 8.02. The topological polar surface area (TPSA) is 3.24 Å². The second kappa shape index (κ2) is 3.93. The molecule has 0 saturated carbocycles. The Hall–Kier alpha value is 0.180. The number of alkyl halides is 1. The highest BCUT2D eigenvalue weighted by molar-refractivity contribution is 9.09. The quantitative estimate of drug-likeness (QED) is 0.522. The summed E-state index contributed by atoms with van der Waals surface area (Å²) in [6.45, 7) is 11.8. The van der Waals surface area contributed by atoms with E-state index in [2.05, 4.69) is 41.3 Å². The van der Waals surface area contributed by atoms with Gasteiger partial charge in [0.15, 0.2) is 0 Å². The highest BCUT2D eigenvalue weighted by atomic mass is 79.9. The predicted octanol–water partition coefficient (Wildman–Crippen LogP) is 2.67. The number of hydrogen-bond donors (Lipinski definition) is 0. The van der Waals surface area contributed by atoms with Gasteiger partial charge in [-0.3, -0.25) is 4.90 Å². The molecule has 0 radical (unpaired) electrons. The van der Waals surface area contributed by atoms with Gasteiger partial charge in [-0.2, -0.15) is 0 Å². The molecule has 0 spiro atoms. The van der Waals surface area contributed by atoms with Crippen LogP contribution in [0, 0.1) is 5.41 Å². The lowest BCUT2D eigenvalue weighted by Gasteiger charge is -2.41. The first-order chi connectivity index (χ1) is 5.56. The minimum Gasteiger partial charge on any atom is -0.299 e. The Balaban J connectivity index is 2.50. The van der Waals surface area contributed by atoms with Crippen LogP contribution in [0.3, 0.4) is 0 Å². The molecule has 1 saturated heterocycles. The maximum atomic E-state index is 3.77. The molecule has 0 aliphatic carbocycles. The summed E-state index contributed by atoms with van der Waals surface area (Å²) in [6.07, 6.45) is 3.24. The molecule has 1 atom stereocenters. The molecule has 0 amide bonds. The minimum atomic E-state index is 0.404. The van der Waals surface area contributed by atoms with Gasteiger partial charge in [-0.15, -0.1) is 6.58 Å². The lowest BCUT2D eigenvalue weighted by Crippen LogP contribution is -2.46. The molecule has 1 aliphatic rings. The lowest BCUT2D eigenvalue weighted by molar-refractivity contribution is 0.139. The molecule has 0 aromatic carbocycles. The van der Waals surface area contributed by atoms with Gasteiger partial charge in [0, 0.05) is 17.9 Å². The van der Waals surface area contributed by atoms with Crippen molar-refractivity contribution in [1.82, 2.24) is 4.90 Å². The van der Waals surface area contributed by atoms with Crippen LogP contribution in [0.5, 0.6) is 0 Å². The molecule has 1 unspecified atom stereocenters. The summed E-state index contributed by atoms with van der Waals surface area (Å²) in [5.74, 6) is 0. The maximum absolute atomic E-state index is 3.77. The van der Waals surface area contributed by atoms with Crippen molar-refractivity contribution < 1.29 is 0 Å². The van der Waals surface area contributed by atoms with E-state index in [1.165, 1.54) is 19.5 Å². The van der Waals surface area contributed by atoms with E-state index in [0.717, 1.165) is 6.54 Å². The first kappa shape index (κ1) is 10.3. The summed E-state index contributed by atoms with van der Waals surface area (Å²) in [6, 6.07) is 0. The van der Waals surface area contributed by atoms with E-state index in [0.29, 0.717) is 10.2 Å². The van der Waals surface area contributed by atoms with Gasteiger partial charge in [0.05, 0.1) is 0 Å². The summed E-state index contributed by atoms with van der Waals surface area (Å²) in [4.78, 5) is 3.14. The van der Waals surface area contributed by atoms with Crippen LogP contribution in [0.25, 0.3) is 0 Å². The highest BCUT2D eigenvalue weighted by Crippen LogP contribution is 2.34. The van der Waals surface area contributed by atoms with E-state index in [1.54, 1.807) is 0 Å². The van der Waals surface area contributed by atoms with Crippen molar-refractivity contribution in [3.05, 3.63) is 12.7 Å². The highest BCUT2D eigenvalue weighted by Gasteiger charge is 2.33. The van der Waals surface area contributed by atoms with Crippen molar-refractivity contribution in [1.29, 1.82) is 0 Å². The van der Waals surface area contributed by atoms with E-state index in [9.17, 15) is 0 Å². The molecular weight excluding hydrogens is 214 g/mol. The maximum Gasteiger partial charge on any atom is 0.0221 e. The Kier molecular flexibility index (Phi) is 3.36. The van der Waals surface area contributed by atoms with Gasteiger partial charge >= 0.3 is 0 Å². The standard InChI is InChI=1S/C10H18BrN/c1-4-6-12-7-5-9(11)10(2,3)8-12/h4,9H,1,5-8H2,2-3H3. The number of nitrogens with zero attached hydrogens (tertiary/aromatic N) is 1. The molecule has 12 heavy (non-hydrogen) atoms.